The average Bonchev–Trinajstić information content (AvgIpc) is 2.70. The number of hydrogen-bond acceptors (Lipinski definition) is 4. The largest absolute Gasteiger partial charge is 0.476 e. The van der Waals surface area contributed by atoms with E-state index in [0.717, 1.165) is 25.0 Å². The molecule has 0 aliphatic heterocycles. The first-order valence-corrected chi connectivity index (χ1v) is 5.23. The Kier molecular flexibility index (Phi) is 2.89. The van der Waals surface area contributed by atoms with Crippen LogP contribution in [0, 0.1) is 0 Å². The highest BCUT2D eigenvalue weighted by atomic mass is 16.6. The van der Waals surface area contributed by atoms with Gasteiger partial charge in [0.05, 0.1) is 11.3 Å². The van der Waals surface area contributed by atoms with Gasteiger partial charge in [0, 0.05) is 5.69 Å². The zero-order chi connectivity index (χ0) is 11.5. The van der Waals surface area contributed by atoms with Crippen molar-refractivity contribution in [2.45, 2.75) is 26.2 Å². The molecule has 1 aliphatic carbocycles. The molecule has 0 saturated heterocycles. The van der Waals surface area contributed by atoms with E-state index < -0.39 is 5.97 Å². The Labute approximate surface area is 92.3 Å². The van der Waals surface area contributed by atoms with Crippen LogP contribution in [0.1, 0.15) is 41.5 Å². The van der Waals surface area contributed by atoms with Crippen molar-refractivity contribution >= 4 is 11.7 Å². The molecule has 2 rings (SSSR count). The minimum atomic E-state index is -1.04. The molecule has 16 heavy (non-hydrogen) atoms. The number of carboxylic acids is 1. The van der Waals surface area contributed by atoms with Gasteiger partial charge in [-0.15, -0.1) is 0 Å². The fourth-order valence-corrected chi connectivity index (χ4v) is 1.82. The third kappa shape index (κ3) is 1.78. The van der Waals surface area contributed by atoms with E-state index in [1.54, 1.807) is 0 Å². The summed E-state index contributed by atoms with van der Waals surface area (Å²) in [4.78, 5) is 16.0. The Morgan fingerprint density at radius 2 is 2.44 bits per heavy atom. The van der Waals surface area contributed by atoms with Gasteiger partial charge in [-0.2, -0.15) is 5.10 Å². The molecule has 0 aromatic carbocycles. The number of nitrogens with zero attached hydrogens (tertiary/aromatic N) is 2. The standard InChI is InChI=1S/C10H13N3O3/c1-2-16-13-7-5-3-4-6-8(7)9(10(14)15)12-11-6/h2-5H2,1H3,(H,11,12)(H,14,15). The summed E-state index contributed by atoms with van der Waals surface area (Å²) >= 11 is 0. The van der Waals surface area contributed by atoms with Crippen LogP contribution in [0.5, 0.6) is 0 Å². The number of aromatic carboxylic acids is 1. The van der Waals surface area contributed by atoms with Crippen LogP contribution in [0.25, 0.3) is 0 Å². The van der Waals surface area contributed by atoms with Gasteiger partial charge in [-0.3, -0.25) is 5.10 Å². The molecule has 2 N–H and O–H groups in total. The average molecular weight is 223 g/mol. The number of nitrogens with one attached hydrogen (secondary N) is 1. The summed E-state index contributed by atoms with van der Waals surface area (Å²) in [5, 5.41) is 19.5. The van der Waals surface area contributed by atoms with E-state index in [2.05, 4.69) is 15.4 Å². The predicted octanol–water partition coefficient (Wildman–Crippen LogP) is 1.18. The molecule has 0 spiro atoms. The summed E-state index contributed by atoms with van der Waals surface area (Å²) in [6, 6.07) is 0. The van der Waals surface area contributed by atoms with Crippen LogP contribution in [0.2, 0.25) is 0 Å². The molecule has 6 heteroatoms. The molecule has 0 amide bonds. The summed E-state index contributed by atoms with van der Waals surface area (Å²) < 4.78 is 0. The van der Waals surface area contributed by atoms with Crippen LogP contribution in [0.3, 0.4) is 0 Å². The number of carboxylic acid groups (broad SMARTS) is 1. The van der Waals surface area contributed by atoms with Gasteiger partial charge in [-0.05, 0) is 26.2 Å². The van der Waals surface area contributed by atoms with Crippen molar-refractivity contribution in [3.8, 4) is 0 Å². The smallest absolute Gasteiger partial charge is 0.357 e. The van der Waals surface area contributed by atoms with Crippen molar-refractivity contribution in [1.82, 2.24) is 10.2 Å². The summed E-state index contributed by atoms with van der Waals surface area (Å²) in [6.07, 6.45) is 2.47. The van der Waals surface area contributed by atoms with Gasteiger partial charge < -0.3 is 9.94 Å². The van der Waals surface area contributed by atoms with Crippen molar-refractivity contribution in [3.63, 3.8) is 0 Å². The van der Waals surface area contributed by atoms with E-state index in [4.69, 9.17) is 9.94 Å². The molecule has 0 radical (unpaired) electrons. The highest BCUT2D eigenvalue weighted by molar-refractivity contribution is 6.08. The maximum Gasteiger partial charge on any atom is 0.357 e. The molecule has 0 atom stereocenters. The molecular weight excluding hydrogens is 210 g/mol. The van der Waals surface area contributed by atoms with Crippen LogP contribution in [-0.2, 0) is 11.3 Å². The van der Waals surface area contributed by atoms with E-state index >= 15 is 0 Å². The third-order valence-electron chi connectivity index (χ3n) is 2.48. The van der Waals surface area contributed by atoms with Crippen LogP contribution < -0.4 is 0 Å². The predicted molar refractivity (Wildman–Crippen MR) is 56.6 cm³/mol. The molecule has 6 nitrogen and oxygen atoms in total. The Morgan fingerprint density at radius 3 is 3.12 bits per heavy atom. The molecule has 86 valence electrons. The van der Waals surface area contributed by atoms with Crippen molar-refractivity contribution < 1.29 is 14.7 Å². The monoisotopic (exact) mass is 223 g/mol. The summed E-state index contributed by atoms with van der Waals surface area (Å²) in [7, 11) is 0. The third-order valence-corrected chi connectivity index (χ3v) is 2.48. The fourth-order valence-electron chi connectivity index (χ4n) is 1.82. The number of hydrogen-bond donors (Lipinski definition) is 2. The zero-order valence-corrected chi connectivity index (χ0v) is 8.99. The number of rotatable bonds is 3. The molecule has 0 unspecified atom stereocenters. The van der Waals surface area contributed by atoms with E-state index in [1.165, 1.54) is 0 Å². The van der Waals surface area contributed by atoms with Crippen molar-refractivity contribution in [2.75, 3.05) is 6.61 Å². The number of aromatic nitrogens is 2. The molecule has 1 aromatic rings. The normalized spacial score (nSPS) is 17.2. The van der Waals surface area contributed by atoms with E-state index in [0.29, 0.717) is 17.9 Å². The quantitative estimate of drug-likeness (QED) is 0.753. The lowest BCUT2D eigenvalue weighted by Crippen LogP contribution is -2.15. The van der Waals surface area contributed by atoms with Crippen LogP contribution in [0.15, 0.2) is 5.16 Å². The van der Waals surface area contributed by atoms with Crippen LogP contribution in [0.4, 0.5) is 0 Å². The number of aromatic amines is 1. The summed E-state index contributed by atoms with van der Waals surface area (Å²) in [5.41, 5.74) is 2.15. The molecule has 0 fully saturated rings. The van der Waals surface area contributed by atoms with Gasteiger partial charge in [0.2, 0.25) is 0 Å². The zero-order valence-electron chi connectivity index (χ0n) is 8.99. The number of H-pyrrole nitrogens is 1. The van der Waals surface area contributed by atoms with Crippen molar-refractivity contribution in [1.29, 1.82) is 0 Å². The second-order valence-electron chi connectivity index (χ2n) is 3.54. The molecule has 1 aromatic heterocycles. The number of fused-ring (bicyclic) bond motifs is 1. The van der Waals surface area contributed by atoms with Crippen molar-refractivity contribution in [2.24, 2.45) is 5.16 Å². The summed E-state index contributed by atoms with van der Waals surface area (Å²) in [5.74, 6) is -1.04. The number of oxime groups is 1. The second kappa shape index (κ2) is 4.34. The Bertz CT molecular complexity index is 437. The van der Waals surface area contributed by atoms with Gasteiger partial charge in [0.15, 0.2) is 5.69 Å². The number of aryl methyl sites for hydroxylation is 1. The van der Waals surface area contributed by atoms with Crippen molar-refractivity contribution in [3.05, 3.63) is 17.0 Å². The maximum absolute atomic E-state index is 11.0. The molecule has 0 saturated carbocycles. The topological polar surface area (TPSA) is 87.6 Å². The number of carbonyl (C=O) groups is 1. The highest BCUT2D eigenvalue weighted by Gasteiger charge is 2.26. The minimum absolute atomic E-state index is 0.0353. The van der Waals surface area contributed by atoms with E-state index in [1.807, 2.05) is 6.92 Å². The Balaban J connectivity index is 2.42. The van der Waals surface area contributed by atoms with E-state index in [-0.39, 0.29) is 5.69 Å². The molecule has 1 aliphatic rings. The lowest BCUT2D eigenvalue weighted by molar-refractivity contribution is 0.0690. The fraction of sp³-hybridized carbons (Fsp3) is 0.500. The first kappa shape index (κ1) is 10.7. The Morgan fingerprint density at radius 1 is 1.62 bits per heavy atom. The lowest BCUT2D eigenvalue weighted by Gasteiger charge is -2.12. The van der Waals surface area contributed by atoms with Crippen LogP contribution >= 0.6 is 0 Å². The van der Waals surface area contributed by atoms with Crippen LogP contribution in [-0.4, -0.2) is 33.6 Å². The SMILES string of the molecule is CCON=C1CCCc2[nH]nc(C(=O)O)c21. The van der Waals surface area contributed by atoms with E-state index in [9.17, 15) is 4.79 Å². The van der Waals surface area contributed by atoms with Gasteiger partial charge >= 0.3 is 5.97 Å². The molecule has 1 heterocycles. The van der Waals surface area contributed by atoms with Gasteiger partial charge in [0.1, 0.15) is 6.61 Å². The van der Waals surface area contributed by atoms with Gasteiger partial charge in [-0.25, -0.2) is 4.79 Å². The first-order valence-electron chi connectivity index (χ1n) is 5.23. The molecule has 0 bridgehead atoms. The molecular formula is C10H13N3O3. The second-order valence-corrected chi connectivity index (χ2v) is 3.54. The highest BCUT2D eigenvalue weighted by Crippen LogP contribution is 2.23. The first-order chi connectivity index (χ1) is 7.74. The van der Waals surface area contributed by atoms with Gasteiger partial charge in [0.25, 0.3) is 0 Å². The lowest BCUT2D eigenvalue weighted by atomic mass is 9.94. The Hall–Kier alpha value is -1.85. The van der Waals surface area contributed by atoms with Gasteiger partial charge in [-0.1, -0.05) is 5.16 Å². The minimum Gasteiger partial charge on any atom is -0.476 e. The maximum atomic E-state index is 11.0. The summed E-state index contributed by atoms with van der Waals surface area (Å²) in [6.45, 7) is 2.31.